The lowest BCUT2D eigenvalue weighted by molar-refractivity contribution is -0.255. The Hall–Kier alpha value is -2.89. The number of nitrogens with one attached hydrogen (secondary N) is 1. The molecular weight excluding hydrogens is 545 g/mol. The van der Waals surface area contributed by atoms with Crippen molar-refractivity contribution in [2.45, 2.75) is 37.2 Å². The number of nitrogens with zero attached hydrogens (tertiary/aromatic N) is 2. The summed E-state index contributed by atoms with van der Waals surface area (Å²) in [6.07, 6.45) is -5.85. The van der Waals surface area contributed by atoms with Gasteiger partial charge < -0.3 is 39.2 Å². The number of hydrogen-bond donors (Lipinski definition) is 4. The second kappa shape index (κ2) is 8.81. The van der Waals surface area contributed by atoms with Crippen molar-refractivity contribution in [3.8, 4) is 0 Å². The topological polar surface area (TPSA) is 120 Å². The molecule has 9 nitrogen and oxygen atoms in total. The van der Waals surface area contributed by atoms with Gasteiger partial charge in [0.15, 0.2) is 6.23 Å². The molecule has 0 radical (unpaired) electrons. The standard InChI is InChI=1S/C28H25Cl2N3O6/c1-32-9-13-17-11-5-3-7-14(29)20(11)31-21(17)23-18(19(13)27(32)37)12-6-4-8-15(30)22(12)33(23)28-25(36)24(35)26(38-2)16(10-34)39-28/h3-8,16,24-26,28,31,34-36H,9-10H2,1-2H3. The zero-order valence-electron chi connectivity index (χ0n) is 21.0. The molecule has 0 bridgehead atoms. The Morgan fingerprint density at radius 2 is 1.74 bits per heavy atom. The van der Waals surface area contributed by atoms with Crippen LogP contribution in [-0.2, 0) is 16.0 Å². The first-order chi connectivity index (χ1) is 18.8. The van der Waals surface area contributed by atoms with E-state index in [0.29, 0.717) is 55.0 Å². The number of carbonyl (C=O) groups is 1. The van der Waals surface area contributed by atoms with E-state index < -0.39 is 37.3 Å². The van der Waals surface area contributed by atoms with Crippen LogP contribution in [0.1, 0.15) is 22.1 Å². The first-order valence-electron chi connectivity index (χ1n) is 12.6. The fraction of sp³-hybridized carbons (Fsp3) is 0.321. The molecule has 1 fully saturated rings. The van der Waals surface area contributed by atoms with Gasteiger partial charge in [0.2, 0.25) is 0 Å². The number of aliphatic hydroxyl groups is 3. The number of methoxy groups -OCH3 is 1. The van der Waals surface area contributed by atoms with Crippen LogP contribution < -0.4 is 0 Å². The largest absolute Gasteiger partial charge is 0.394 e. The van der Waals surface area contributed by atoms with E-state index in [-0.39, 0.29) is 5.91 Å². The molecule has 1 amide bonds. The van der Waals surface area contributed by atoms with Crippen LogP contribution in [0.15, 0.2) is 36.4 Å². The van der Waals surface area contributed by atoms with Crippen molar-refractivity contribution >= 4 is 72.7 Å². The van der Waals surface area contributed by atoms with Crippen LogP contribution >= 0.6 is 23.2 Å². The van der Waals surface area contributed by atoms with E-state index in [0.717, 1.165) is 16.3 Å². The molecule has 5 aromatic rings. The third kappa shape index (κ3) is 3.23. The molecule has 7 rings (SSSR count). The number of fused-ring (bicyclic) bond motifs is 10. The van der Waals surface area contributed by atoms with E-state index >= 15 is 0 Å². The Balaban J connectivity index is 1.69. The number of halogens is 2. The average molecular weight is 570 g/mol. The predicted octanol–water partition coefficient (Wildman–Crippen LogP) is 3.95. The minimum atomic E-state index is -1.44. The quantitative estimate of drug-likeness (QED) is 0.261. The number of aliphatic hydroxyl groups excluding tert-OH is 3. The molecule has 1 saturated heterocycles. The molecule has 0 spiro atoms. The smallest absolute Gasteiger partial charge is 0.254 e. The Bertz CT molecular complexity index is 1830. The minimum Gasteiger partial charge on any atom is -0.394 e. The highest BCUT2D eigenvalue weighted by Crippen LogP contribution is 2.48. The maximum Gasteiger partial charge on any atom is 0.254 e. The van der Waals surface area contributed by atoms with Crippen molar-refractivity contribution in [3.63, 3.8) is 0 Å². The maximum atomic E-state index is 13.7. The number of ether oxygens (including phenoxy) is 2. The Labute approximate surface area is 232 Å². The zero-order valence-corrected chi connectivity index (χ0v) is 22.5. The van der Waals surface area contributed by atoms with E-state index in [2.05, 4.69) is 4.98 Å². The number of benzene rings is 3. The number of amides is 1. The summed E-state index contributed by atoms with van der Waals surface area (Å²) in [6, 6.07) is 11.0. The third-order valence-electron chi connectivity index (χ3n) is 8.17. The Morgan fingerprint density at radius 3 is 2.46 bits per heavy atom. The van der Waals surface area contributed by atoms with Crippen LogP contribution in [-0.4, -0.2) is 80.9 Å². The molecular formula is C28H25Cl2N3O6. The van der Waals surface area contributed by atoms with Gasteiger partial charge in [0.1, 0.15) is 24.4 Å². The Morgan fingerprint density at radius 1 is 1.03 bits per heavy atom. The van der Waals surface area contributed by atoms with E-state index in [4.69, 9.17) is 32.7 Å². The summed E-state index contributed by atoms with van der Waals surface area (Å²) in [5.41, 5.74) is 3.93. The van der Waals surface area contributed by atoms with E-state index in [9.17, 15) is 20.1 Å². The van der Waals surface area contributed by atoms with Gasteiger partial charge >= 0.3 is 0 Å². The van der Waals surface area contributed by atoms with Gasteiger partial charge in [0, 0.05) is 42.2 Å². The second-order valence-corrected chi connectivity index (χ2v) is 11.0. The Kier molecular flexibility index (Phi) is 5.67. The molecule has 4 N–H and O–H groups in total. The molecule has 2 aliphatic heterocycles. The summed E-state index contributed by atoms with van der Waals surface area (Å²) in [6.45, 7) is -0.0313. The number of aromatic amines is 1. The van der Waals surface area contributed by atoms with Crippen molar-refractivity contribution in [2.24, 2.45) is 0 Å². The summed E-state index contributed by atoms with van der Waals surface area (Å²) < 4.78 is 13.3. The van der Waals surface area contributed by atoms with Crippen molar-refractivity contribution < 1.29 is 29.6 Å². The van der Waals surface area contributed by atoms with Crippen LogP contribution in [0, 0.1) is 0 Å². The number of rotatable bonds is 3. The van der Waals surface area contributed by atoms with Crippen LogP contribution in [0.3, 0.4) is 0 Å². The molecule has 5 atom stereocenters. The fourth-order valence-corrected chi connectivity index (χ4v) is 6.98. The minimum absolute atomic E-state index is 0.134. The van der Waals surface area contributed by atoms with Crippen molar-refractivity contribution in [1.82, 2.24) is 14.5 Å². The number of H-pyrrole nitrogens is 1. The predicted molar refractivity (Wildman–Crippen MR) is 148 cm³/mol. The van der Waals surface area contributed by atoms with Crippen LogP contribution in [0.4, 0.5) is 0 Å². The highest BCUT2D eigenvalue weighted by atomic mass is 35.5. The van der Waals surface area contributed by atoms with E-state index in [1.165, 1.54) is 7.11 Å². The first-order valence-corrected chi connectivity index (χ1v) is 13.3. The van der Waals surface area contributed by atoms with Gasteiger partial charge in [-0.05, 0) is 17.7 Å². The van der Waals surface area contributed by atoms with Gasteiger partial charge in [-0.25, -0.2) is 0 Å². The lowest BCUT2D eigenvalue weighted by Gasteiger charge is -2.42. The molecule has 0 aliphatic carbocycles. The molecule has 3 aromatic carbocycles. The normalized spacial score (nSPS) is 25.6. The van der Waals surface area contributed by atoms with E-state index in [1.807, 2.05) is 18.2 Å². The van der Waals surface area contributed by atoms with Crippen LogP contribution in [0.5, 0.6) is 0 Å². The summed E-state index contributed by atoms with van der Waals surface area (Å²) >= 11 is 13.4. The van der Waals surface area contributed by atoms with Crippen molar-refractivity contribution in [1.29, 1.82) is 0 Å². The van der Waals surface area contributed by atoms with Gasteiger partial charge in [0.25, 0.3) is 5.91 Å². The first kappa shape index (κ1) is 25.1. The van der Waals surface area contributed by atoms with Gasteiger partial charge in [0.05, 0.1) is 44.3 Å². The average Bonchev–Trinajstić information content (AvgIpc) is 3.57. The molecule has 202 valence electrons. The molecule has 0 saturated carbocycles. The van der Waals surface area contributed by atoms with Crippen molar-refractivity contribution in [3.05, 3.63) is 57.6 Å². The zero-order chi connectivity index (χ0) is 27.3. The van der Waals surface area contributed by atoms with E-state index in [1.54, 1.807) is 34.7 Å². The third-order valence-corrected chi connectivity index (χ3v) is 8.79. The summed E-state index contributed by atoms with van der Waals surface area (Å²) in [5.74, 6) is -0.134. The summed E-state index contributed by atoms with van der Waals surface area (Å²) in [5, 5.41) is 36.4. The highest BCUT2D eigenvalue weighted by Gasteiger charge is 2.47. The number of hydrogen-bond acceptors (Lipinski definition) is 6. The molecule has 2 aromatic heterocycles. The van der Waals surface area contributed by atoms with Crippen LogP contribution in [0.2, 0.25) is 10.0 Å². The SMILES string of the molecule is COC1C(CO)OC(n2c3c(Cl)cccc3c3c4c(c5c6cccc(Cl)c6[nH]c5c32)CN(C)C4=O)C(O)C1O. The fourth-order valence-electron chi connectivity index (χ4n) is 6.49. The van der Waals surface area contributed by atoms with Crippen LogP contribution in [0.25, 0.3) is 43.6 Å². The number of para-hydroxylation sites is 2. The molecule has 11 heteroatoms. The van der Waals surface area contributed by atoms with Crippen molar-refractivity contribution in [2.75, 3.05) is 20.8 Å². The molecule has 4 heterocycles. The van der Waals surface area contributed by atoms with Gasteiger partial charge in [-0.3, -0.25) is 4.79 Å². The lowest BCUT2D eigenvalue weighted by atomic mass is 9.96. The van der Waals surface area contributed by atoms with Gasteiger partial charge in [-0.15, -0.1) is 0 Å². The number of aromatic nitrogens is 2. The maximum absolute atomic E-state index is 13.7. The highest BCUT2D eigenvalue weighted by molar-refractivity contribution is 6.40. The molecule has 39 heavy (non-hydrogen) atoms. The molecule has 5 unspecified atom stereocenters. The number of carbonyl (C=O) groups excluding carboxylic acids is 1. The summed E-state index contributed by atoms with van der Waals surface area (Å²) in [4.78, 5) is 18.8. The van der Waals surface area contributed by atoms with Gasteiger partial charge in [-0.2, -0.15) is 0 Å². The lowest BCUT2D eigenvalue weighted by Crippen LogP contribution is -2.57. The summed E-state index contributed by atoms with van der Waals surface area (Å²) in [7, 11) is 3.14. The van der Waals surface area contributed by atoms with Gasteiger partial charge in [-0.1, -0.05) is 47.5 Å². The second-order valence-electron chi connectivity index (χ2n) is 10.2. The molecule has 2 aliphatic rings. The monoisotopic (exact) mass is 569 g/mol.